The molecule has 1 aliphatic carbocycles. The molecule has 0 saturated heterocycles. The van der Waals surface area contributed by atoms with E-state index in [0.29, 0.717) is 6.04 Å². The number of hydrogen-bond donors (Lipinski definition) is 1. The van der Waals surface area contributed by atoms with Gasteiger partial charge >= 0.3 is 0 Å². The molecular weight excluding hydrogens is 342 g/mol. The van der Waals surface area contributed by atoms with E-state index in [2.05, 4.69) is 70.3 Å². The van der Waals surface area contributed by atoms with E-state index in [-0.39, 0.29) is 0 Å². The van der Waals surface area contributed by atoms with Gasteiger partial charge in [-0.1, -0.05) is 46.3 Å². The van der Waals surface area contributed by atoms with Gasteiger partial charge in [-0.3, -0.25) is 0 Å². The highest BCUT2D eigenvalue weighted by atomic mass is 79.9. The zero-order valence-electron chi connectivity index (χ0n) is 11.8. The van der Waals surface area contributed by atoms with Gasteiger partial charge in [0.1, 0.15) is 0 Å². The van der Waals surface area contributed by atoms with E-state index in [9.17, 15) is 0 Å². The van der Waals surface area contributed by atoms with Crippen molar-refractivity contribution in [3.8, 4) is 0 Å². The molecule has 0 amide bonds. The van der Waals surface area contributed by atoms with Crippen LogP contribution in [0.15, 0.2) is 64.5 Å². The van der Waals surface area contributed by atoms with Crippen molar-refractivity contribution < 1.29 is 0 Å². The van der Waals surface area contributed by atoms with Crippen molar-refractivity contribution in [2.75, 3.05) is 11.1 Å². The molecule has 3 rings (SSSR count). The molecule has 0 aliphatic heterocycles. The van der Waals surface area contributed by atoms with Crippen LogP contribution in [-0.4, -0.2) is 5.75 Å². The highest BCUT2D eigenvalue weighted by Crippen LogP contribution is 2.39. The maximum absolute atomic E-state index is 3.80. The highest BCUT2D eigenvalue weighted by Gasteiger charge is 2.24. The molecule has 1 unspecified atom stereocenters. The molecule has 1 atom stereocenters. The molecule has 0 bridgehead atoms. The minimum absolute atomic E-state index is 0.406. The second-order valence-corrected chi connectivity index (χ2v) is 7.06. The van der Waals surface area contributed by atoms with E-state index in [0.717, 1.165) is 18.6 Å². The number of anilines is 1. The quantitative estimate of drug-likeness (QED) is 0.532. The SMILES string of the molecule is C=CCSc1ccccc1NC1CCc2c(Br)cccc21. The van der Waals surface area contributed by atoms with E-state index in [1.807, 2.05) is 17.8 Å². The second kappa shape index (κ2) is 6.71. The number of rotatable bonds is 5. The zero-order valence-corrected chi connectivity index (χ0v) is 14.2. The Bertz CT molecular complexity index is 653. The van der Waals surface area contributed by atoms with Gasteiger partial charge in [0.05, 0.1) is 6.04 Å². The summed E-state index contributed by atoms with van der Waals surface area (Å²) < 4.78 is 1.23. The molecule has 2 aromatic carbocycles. The third kappa shape index (κ3) is 3.19. The van der Waals surface area contributed by atoms with Gasteiger partial charge in [-0.2, -0.15) is 0 Å². The molecule has 1 aliphatic rings. The van der Waals surface area contributed by atoms with Crippen LogP contribution in [0.3, 0.4) is 0 Å². The monoisotopic (exact) mass is 359 g/mol. The Kier molecular flexibility index (Phi) is 4.71. The van der Waals surface area contributed by atoms with E-state index >= 15 is 0 Å². The van der Waals surface area contributed by atoms with Crippen LogP contribution in [0.5, 0.6) is 0 Å². The Balaban J connectivity index is 1.83. The third-order valence-electron chi connectivity index (χ3n) is 3.79. The first kappa shape index (κ1) is 14.7. The van der Waals surface area contributed by atoms with Crippen LogP contribution in [-0.2, 0) is 6.42 Å². The molecule has 0 heterocycles. The fourth-order valence-corrected chi connectivity index (χ4v) is 4.14. The van der Waals surface area contributed by atoms with Crippen molar-refractivity contribution in [3.05, 3.63) is 70.7 Å². The summed E-state index contributed by atoms with van der Waals surface area (Å²) >= 11 is 5.49. The summed E-state index contributed by atoms with van der Waals surface area (Å²) in [5.74, 6) is 0.936. The van der Waals surface area contributed by atoms with Gasteiger partial charge in [-0.05, 0) is 42.2 Å². The zero-order chi connectivity index (χ0) is 14.7. The molecular formula is C18H18BrNS. The molecule has 2 aromatic rings. The van der Waals surface area contributed by atoms with Gasteiger partial charge in [0, 0.05) is 20.8 Å². The van der Waals surface area contributed by atoms with E-state index in [4.69, 9.17) is 0 Å². The standard InChI is InChI=1S/C18H18BrNS/c1-2-12-21-18-9-4-3-8-17(18)20-16-11-10-13-14(16)6-5-7-15(13)19/h2-9,16,20H,1,10-12H2. The van der Waals surface area contributed by atoms with Crippen molar-refractivity contribution in [2.24, 2.45) is 0 Å². The number of thioether (sulfide) groups is 1. The molecule has 3 heteroatoms. The second-order valence-electron chi connectivity index (χ2n) is 5.14. The lowest BCUT2D eigenvalue weighted by Gasteiger charge is -2.18. The number of benzene rings is 2. The lowest BCUT2D eigenvalue weighted by Crippen LogP contribution is -2.07. The number of nitrogens with one attached hydrogen (secondary N) is 1. The fourth-order valence-electron chi connectivity index (χ4n) is 2.81. The van der Waals surface area contributed by atoms with Crippen molar-refractivity contribution in [1.29, 1.82) is 0 Å². The Morgan fingerprint density at radius 2 is 2.10 bits per heavy atom. The van der Waals surface area contributed by atoms with Crippen molar-refractivity contribution in [2.45, 2.75) is 23.8 Å². The minimum atomic E-state index is 0.406. The van der Waals surface area contributed by atoms with Gasteiger partial charge < -0.3 is 5.32 Å². The molecule has 0 spiro atoms. The summed E-state index contributed by atoms with van der Waals surface area (Å²) in [7, 11) is 0. The molecule has 0 fully saturated rings. The molecule has 21 heavy (non-hydrogen) atoms. The van der Waals surface area contributed by atoms with Crippen LogP contribution in [0.1, 0.15) is 23.6 Å². The molecule has 0 aromatic heterocycles. The minimum Gasteiger partial charge on any atom is -0.377 e. The summed E-state index contributed by atoms with van der Waals surface area (Å²) in [6.07, 6.45) is 4.23. The van der Waals surface area contributed by atoms with Gasteiger partial charge in [0.15, 0.2) is 0 Å². The maximum atomic E-state index is 3.80. The lowest BCUT2D eigenvalue weighted by molar-refractivity contribution is 0.759. The van der Waals surface area contributed by atoms with E-state index < -0.39 is 0 Å². The molecule has 0 saturated carbocycles. The summed E-state index contributed by atoms with van der Waals surface area (Å²) in [5.41, 5.74) is 4.10. The first-order chi connectivity index (χ1) is 10.3. The Morgan fingerprint density at radius 3 is 2.95 bits per heavy atom. The number of halogens is 1. The van der Waals surface area contributed by atoms with Gasteiger partial charge in [-0.15, -0.1) is 18.3 Å². The number of fused-ring (bicyclic) bond motifs is 1. The summed E-state index contributed by atoms with van der Waals surface area (Å²) in [4.78, 5) is 1.29. The first-order valence-electron chi connectivity index (χ1n) is 7.16. The van der Waals surface area contributed by atoms with Gasteiger partial charge in [-0.25, -0.2) is 0 Å². The predicted molar refractivity (Wildman–Crippen MR) is 96.2 cm³/mol. The van der Waals surface area contributed by atoms with Crippen molar-refractivity contribution >= 4 is 33.4 Å². The van der Waals surface area contributed by atoms with E-state index in [1.54, 1.807) is 0 Å². The number of hydrogen-bond acceptors (Lipinski definition) is 2. The molecule has 1 nitrogen and oxygen atoms in total. The van der Waals surface area contributed by atoms with Crippen LogP contribution in [0, 0.1) is 0 Å². The Hall–Kier alpha value is -1.19. The topological polar surface area (TPSA) is 12.0 Å². The van der Waals surface area contributed by atoms with Crippen LogP contribution in [0.4, 0.5) is 5.69 Å². The van der Waals surface area contributed by atoms with Crippen LogP contribution < -0.4 is 5.32 Å². The average molecular weight is 360 g/mol. The van der Waals surface area contributed by atoms with E-state index in [1.165, 1.54) is 26.2 Å². The third-order valence-corrected chi connectivity index (χ3v) is 5.60. The number of para-hydroxylation sites is 1. The molecule has 0 radical (unpaired) electrons. The Labute approximate surface area is 139 Å². The lowest BCUT2D eigenvalue weighted by atomic mass is 10.1. The smallest absolute Gasteiger partial charge is 0.0520 e. The van der Waals surface area contributed by atoms with Gasteiger partial charge in [0.2, 0.25) is 0 Å². The Morgan fingerprint density at radius 1 is 1.24 bits per heavy atom. The first-order valence-corrected chi connectivity index (χ1v) is 8.94. The predicted octanol–water partition coefficient (Wildman–Crippen LogP) is 5.83. The van der Waals surface area contributed by atoms with Gasteiger partial charge in [0.25, 0.3) is 0 Å². The fraction of sp³-hybridized carbons (Fsp3) is 0.222. The average Bonchev–Trinajstić information content (AvgIpc) is 2.91. The van der Waals surface area contributed by atoms with Crippen molar-refractivity contribution in [3.63, 3.8) is 0 Å². The maximum Gasteiger partial charge on any atom is 0.0520 e. The van der Waals surface area contributed by atoms with Crippen LogP contribution in [0.25, 0.3) is 0 Å². The van der Waals surface area contributed by atoms with Crippen LogP contribution >= 0.6 is 27.7 Å². The largest absolute Gasteiger partial charge is 0.377 e. The normalized spacial score (nSPS) is 16.5. The van der Waals surface area contributed by atoms with Crippen molar-refractivity contribution in [1.82, 2.24) is 0 Å². The molecule has 108 valence electrons. The van der Waals surface area contributed by atoms with Crippen LogP contribution in [0.2, 0.25) is 0 Å². The summed E-state index contributed by atoms with van der Waals surface area (Å²) in [5, 5.41) is 3.73. The molecule has 1 N–H and O–H groups in total. The summed E-state index contributed by atoms with van der Waals surface area (Å²) in [6.45, 7) is 3.80. The highest BCUT2D eigenvalue weighted by molar-refractivity contribution is 9.10. The summed E-state index contributed by atoms with van der Waals surface area (Å²) in [6, 6.07) is 15.4.